The lowest BCUT2D eigenvalue weighted by atomic mass is 10.2. The fraction of sp³-hybridized carbons (Fsp3) is 0.0625. The summed E-state index contributed by atoms with van der Waals surface area (Å²) in [4.78, 5) is 16.7. The number of carbonyl (C=O) groups excluding carboxylic acids is 1. The molecule has 1 amide bonds. The lowest BCUT2D eigenvalue weighted by Gasteiger charge is -2.06. The fourth-order valence-corrected chi connectivity index (χ4v) is 2.39. The molecule has 0 aliphatic heterocycles. The van der Waals surface area contributed by atoms with Gasteiger partial charge in [-0.2, -0.15) is 0 Å². The van der Waals surface area contributed by atoms with E-state index in [2.05, 4.69) is 25.8 Å². The van der Waals surface area contributed by atoms with E-state index in [-0.39, 0.29) is 5.91 Å². The van der Waals surface area contributed by atoms with E-state index in [1.165, 1.54) is 11.0 Å². The smallest absolute Gasteiger partial charge is 0.255 e. The largest absolute Gasteiger partial charge is 0.441 e. The average Bonchev–Trinajstić information content (AvgIpc) is 3.23. The maximum Gasteiger partial charge on any atom is 0.255 e. The van der Waals surface area contributed by atoms with Crippen molar-refractivity contribution in [1.82, 2.24) is 25.2 Å². The predicted octanol–water partition coefficient (Wildman–Crippen LogP) is 2.36. The number of anilines is 1. The van der Waals surface area contributed by atoms with E-state index in [0.717, 1.165) is 0 Å². The van der Waals surface area contributed by atoms with Gasteiger partial charge in [0.1, 0.15) is 11.8 Å². The van der Waals surface area contributed by atoms with Crippen LogP contribution in [-0.4, -0.2) is 31.1 Å². The molecule has 0 saturated heterocycles. The van der Waals surface area contributed by atoms with E-state index in [1.807, 2.05) is 6.07 Å². The van der Waals surface area contributed by atoms with Crippen molar-refractivity contribution in [3.05, 3.63) is 60.2 Å². The molecule has 0 radical (unpaired) electrons. The maximum atomic E-state index is 12.5. The molecule has 0 fully saturated rings. The Morgan fingerprint density at radius 3 is 2.96 bits per heavy atom. The van der Waals surface area contributed by atoms with Gasteiger partial charge in [0.05, 0.1) is 5.69 Å². The molecule has 0 saturated carbocycles. The van der Waals surface area contributed by atoms with Crippen molar-refractivity contribution < 1.29 is 9.21 Å². The van der Waals surface area contributed by atoms with Crippen LogP contribution in [0.25, 0.3) is 16.8 Å². The van der Waals surface area contributed by atoms with E-state index < -0.39 is 0 Å². The fourth-order valence-electron chi connectivity index (χ4n) is 2.39. The lowest BCUT2D eigenvalue weighted by molar-refractivity contribution is 0.102. The molecule has 0 bridgehead atoms. The number of oxazole rings is 1. The Morgan fingerprint density at radius 1 is 1.21 bits per heavy atom. The van der Waals surface area contributed by atoms with Gasteiger partial charge in [0, 0.05) is 18.2 Å². The Hall–Kier alpha value is -3.55. The van der Waals surface area contributed by atoms with Crippen LogP contribution in [-0.2, 0) is 0 Å². The van der Waals surface area contributed by atoms with Crippen LogP contribution < -0.4 is 5.32 Å². The molecule has 0 unspecified atom stereocenters. The molecule has 8 nitrogen and oxygen atoms in total. The second kappa shape index (κ2) is 5.58. The first-order valence-corrected chi connectivity index (χ1v) is 7.21. The van der Waals surface area contributed by atoms with Crippen molar-refractivity contribution in [1.29, 1.82) is 0 Å². The minimum atomic E-state index is -0.232. The third kappa shape index (κ3) is 2.60. The zero-order chi connectivity index (χ0) is 16.5. The summed E-state index contributed by atoms with van der Waals surface area (Å²) in [6.07, 6.45) is 1.47. The minimum absolute atomic E-state index is 0.232. The summed E-state index contributed by atoms with van der Waals surface area (Å²) in [5, 5.41) is 13.8. The number of amides is 1. The highest BCUT2D eigenvalue weighted by Crippen LogP contribution is 2.20. The first-order chi connectivity index (χ1) is 11.7. The second-order valence-corrected chi connectivity index (χ2v) is 5.17. The third-order valence-corrected chi connectivity index (χ3v) is 3.47. The Kier molecular flexibility index (Phi) is 3.27. The summed E-state index contributed by atoms with van der Waals surface area (Å²) in [5.41, 5.74) is 3.24. The molecular formula is C16H12N6O2. The van der Waals surface area contributed by atoms with Gasteiger partial charge < -0.3 is 9.73 Å². The summed E-state index contributed by atoms with van der Waals surface area (Å²) < 4.78 is 6.91. The molecule has 2 heterocycles. The Labute approximate surface area is 136 Å². The number of hydrogen-bond donors (Lipinski definition) is 1. The van der Waals surface area contributed by atoms with E-state index in [0.29, 0.717) is 33.9 Å². The highest BCUT2D eigenvalue weighted by atomic mass is 16.3. The summed E-state index contributed by atoms with van der Waals surface area (Å²) >= 11 is 0. The van der Waals surface area contributed by atoms with Crippen molar-refractivity contribution in [2.24, 2.45) is 0 Å². The molecule has 1 N–H and O–H groups in total. The van der Waals surface area contributed by atoms with Crippen LogP contribution in [0.15, 0.2) is 53.2 Å². The van der Waals surface area contributed by atoms with Crippen molar-refractivity contribution >= 4 is 22.7 Å². The first kappa shape index (κ1) is 14.1. The Morgan fingerprint density at radius 2 is 2.12 bits per heavy atom. The molecule has 0 aliphatic rings. The number of rotatable bonds is 3. The highest BCUT2D eigenvalue weighted by molar-refractivity contribution is 6.05. The molecule has 0 atom stereocenters. The summed E-state index contributed by atoms with van der Waals surface area (Å²) in [5.74, 6) is 0.354. The summed E-state index contributed by atoms with van der Waals surface area (Å²) in [7, 11) is 0. The van der Waals surface area contributed by atoms with Crippen molar-refractivity contribution in [2.75, 3.05) is 5.32 Å². The third-order valence-electron chi connectivity index (χ3n) is 3.47. The van der Waals surface area contributed by atoms with Crippen LogP contribution in [0.2, 0.25) is 0 Å². The molecule has 2 aromatic heterocycles. The van der Waals surface area contributed by atoms with Gasteiger partial charge in [-0.05, 0) is 46.8 Å². The van der Waals surface area contributed by atoms with E-state index >= 15 is 0 Å². The molecule has 24 heavy (non-hydrogen) atoms. The van der Waals surface area contributed by atoms with E-state index in [4.69, 9.17) is 4.42 Å². The first-order valence-electron chi connectivity index (χ1n) is 7.21. The second-order valence-electron chi connectivity index (χ2n) is 5.17. The number of nitrogens with one attached hydrogen (secondary N) is 1. The van der Waals surface area contributed by atoms with Crippen molar-refractivity contribution in [3.8, 4) is 5.69 Å². The van der Waals surface area contributed by atoms with E-state index in [9.17, 15) is 4.79 Å². The van der Waals surface area contributed by atoms with Gasteiger partial charge in [0.15, 0.2) is 11.5 Å². The van der Waals surface area contributed by atoms with Crippen LogP contribution in [0.5, 0.6) is 0 Å². The predicted molar refractivity (Wildman–Crippen MR) is 85.9 cm³/mol. The number of hydrogen-bond acceptors (Lipinski definition) is 6. The SMILES string of the molecule is Cc1nc2cc(NC(=O)c3cccc(-n4cnnn4)c3)ccc2o1. The number of aromatic nitrogens is 5. The van der Waals surface area contributed by atoms with Crippen LogP contribution in [0.4, 0.5) is 5.69 Å². The number of carbonyl (C=O) groups is 1. The van der Waals surface area contributed by atoms with Crippen LogP contribution in [0.1, 0.15) is 16.2 Å². The van der Waals surface area contributed by atoms with Gasteiger partial charge in [0.2, 0.25) is 0 Å². The summed E-state index contributed by atoms with van der Waals surface area (Å²) in [6, 6.07) is 12.4. The Balaban J connectivity index is 1.60. The standard InChI is InChI=1S/C16H12N6O2/c1-10-18-14-8-12(5-6-15(14)24-10)19-16(23)11-3-2-4-13(7-11)22-9-17-20-21-22/h2-9H,1H3,(H,19,23). The molecule has 4 rings (SSSR count). The molecule has 8 heteroatoms. The molecular weight excluding hydrogens is 308 g/mol. The van der Waals surface area contributed by atoms with Gasteiger partial charge in [-0.25, -0.2) is 9.67 Å². The number of benzene rings is 2. The highest BCUT2D eigenvalue weighted by Gasteiger charge is 2.10. The normalized spacial score (nSPS) is 10.9. The monoisotopic (exact) mass is 320 g/mol. The van der Waals surface area contributed by atoms with Crippen molar-refractivity contribution in [3.63, 3.8) is 0 Å². The molecule has 4 aromatic rings. The van der Waals surface area contributed by atoms with E-state index in [1.54, 1.807) is 43.3 Å². The zero-order valence-electron chi connectivity index (χ0n) is 12.7. The van der Waals surface area contributed by atoms with Crippen molar-refractivity contribution in [2.45, 2.75) is 6.92 Å². The maximum absolute atomic E-state index is 12.5. The van der Waals surface area contributed by atoms with Gasteiger partial charge in [-0.1, -0.05) is 6.07 Å². The number of nitrogens with zero attached hydrogens (tertiary/aromatic N) is 5. The zero-order valence-corrected chi connectivity index (χ0v) is 12.7. The molecule has 118 valence electrons. The molecule has 2 aromatic carbocycles. The van der Waals surface area contributed by atoms with Crippen LogP contribution in [0, 0.1) is 6.92 Å². The Bertz CT molecular complexity index is 1020. The molecule has 0 spiro atoms. The minimum Gasteiger partial charge on any atom is -0.441 e. The van der Waals surface area contributed by atoms with Gasteiger partial charge in [0.25, 0.3) is 5.91 Å². The summed E-state index contributed by atoms with van der Waals surface area (Å²) in [6.45, 7) is 1.78. The number of aryl methyl sites for hydroxylation is 1. The van der Waals surface area contributed by atoms with Gasteiger partial charge in [-0.15, -0.1) is 5.10 Å². The van der Waals surface area contributed by atoms with Gasteiger partial charge >= 0.3 is 0 Å². The average molecular weight is 320 g/mol. The van der Waals surface area contributed by atoms with Gasteiger partial charge in [-0.3, -0.25) is 4.79 Å². The lowest BCUT2D eigenvalue weighted by Crippen LogP contribution is -2.12. The topological polar surface area (TPSA) is 98.7 Å². The quantitative estimate of drug-likeness (QED) is 0.622. The van der Waals surface area contributed by atoms with Crippen LogP contribution >= 0.6 is 0 Å². The molecule has 0 aliphatic carbocycles. The number of fused-ring (bicyclic) bond motifs is 1. The number of tetrazole rings is 1. The van der Waals surface area contributed by atoms with Crippen LogP contribution in [0.3, 0.4) is 0 Å².